The molecule has 136 valence electrons. The van der Waals surface area contributed by atoms with Gasteiger partial charge in [-0.1, -0.05) is 66.7 Å². The molecule has 2 aromatic carbocycles. The number of hydrogen-bond donors (Lipinski definition) is 2. The first-order valence-electron chi connectivity index (χ1n) is 7.76. The minimum atomic E-state index is -0.200. The smallest absolute Gasteiger partial charge is 0.245 e. The zero-order chi connectivity index (χ0) is 18.8. The quantitative estimate of drug-likeness (QED) is 0.366. The summed E-state index contributed by atoms with van der Waals surface area (Å²) in [5.41, 5.74) is 1.85. The van der Waals surface area contributed by atoms with E-state index in [0.29, 0.717) is 10.3 Å². The number of anilines is 2. The van der Waals surface area contributed by atoms with Crippen molar-refractivity contribution in [2.75, 3.05) is 17.2 Å². The second kappa shape index (κ2) is 8.01. The van der Waals surface area contributed by atoms with E-state index in [4.69, 9.17) is 0 Å². The number of hydrogen-bond acceptors (Lipinski definition) is 7. The fourth-order valence-corrected chi connectivity index (χ4v) is 4.72. The first-order chi connectivity index (χ1) is 13.1. The van der Waals surface area contributed by atoms with Gasteiger partial charge >= 0.3 is 0 Å². The number of carbonyl (C=O) groups excluding carboxylic acids is 1. The largest absolute Gasteiger partial charge is 0.352 e. The summed E-state index contributed by atoms with van der Waals surface area (Å²) in [6, 6.07) is 13.7. The van der Waals surface area contributed by atoms with Crippen LogP contribution in [-0.4, -0.2) is 27.6 Å². The number of fused-ring (bicyclic) bond motifs is 1. The van der Waals surface area contributed by atoms with Crippen molar-refractivity contribution in [1.82, 2.24) is 15.2 Å². The van der Waals surface area contributed by atoms with Gasteiger partial charge in [-0.3, -0.25) is 10.1 Å². The maximum atomic E-state index is 12.2. The molecule has 2 aromatic heterocycles. The number of nitrogens with zero attached hydrogens (tertiary/aromatic N) is 3. The maximum absolute atomic E-state index is 12.2. The van der Waals surface area contributed by atoms with Gasteiger partial charge in [-0.15, -0.1) is 10.2 Å². The van der Waals surface area contributed by atoms with Gasteiger partial charge in [0.05, 0.1) is 16.8 Å². The number of amides is 1. The lowest BCUT2D eigenvalue weighted by molar-refractivity contribution is -0.114. The van der Waals surface area contributed by atoms with Crippen LogP contribution in [0.5, 0.6) is 0 Å². The van der Waals surface area contributed by atoms with E-state index in [9.17, 15) is 4.79 Å². The molecule has 4 rings (SSSR count). The van der Waals surface area contributed by atoms with Gasteiger partial charge in [-0.2, -0.15) is 0 Å². The number of nitrogens with one attached hydrogen (secondary N) is 2. The normalized spacial score (nSPS) is 10.9. The highest BCUT2D eigenvalue weighted by atomic mass is 79.9. The molecular weight excluding hydrogens is 514 g/mol. The highest BCUT2D eigenvalue weighted by Gasteiger charge is 2.11. The first-order valence-corrected chi connectivity index (χ1v) is 11.0. The van der Waals surface area contributed by atoms with E-state index < -0.39 is 0 Å². The van der Waals surface area contributed by atoms with Crippen molar-refractivity contribution in [2.45, 2.75) is 0 Å². The molecule has 6 nitrogen and oxygen atoms in total. The molecule has 0 spiro atoms. The number of carbonyl (C=O) groups is 1. The molecule has 0 atom stereocenters. The Bertz CT molecular complexity index is 1110. The van der Waals surface area contributed by atoms with Crippen LogP contribution in [0.4, 0.5) is 10.3 Å². The molecule has 0 unspecified atom stereocenters. The molecule has 1 amide bonds. The molecule has 0 aliphatic heterocycles. The molecule has 0 saturated carbocycles. The summed E-state index contributed by atoms with van der Waals surface area (Å²) in [7, 11) is 0. The van der Waals surface area contributed by atoms with Crippen LogP contribution in [0.2, 0.25) is 0 Å². The number of rotatable bonds is 5. The van der Waals surface area contributed by atoms with Crippen LogP contribution in [0.1, 0.15) is 0 Å². The lowest BCUT2D eigenvalue weighted by Crippen LogP contribution is -2.21. The number of thiazole rings is 1. The van der Waals surface area contributed by atoms with Gasteiger partial charge in [0.1, 0.15) is 5.01 Å². The Hall–Kier alpha value is -1.88. The highest BCUT2D eigenvalue weighted by molar-refractivity contribution is 9.10. The van der Waals surface area contributed by atoms with Crippen molar-refractivity contribution in [3.8, 4) is 10.6 Å². The lowest BCUT2D eigenvalue weighted by Gasteiger charge is -2.01. The standard InChI is InChI=1S/C17H11Br2N5OS2/c18-10-3-1-9(2-4-10)15-23-24-17(27-15)22-14(25)8-20-16-21-12-6-5-11(19)7-13(12)26-16/h1-7H,8H2,(H,20,21)(H,22,24,25). The molecule has 0 saturated heterocycles. The average molecular weight is 525 g/mol. The van der Waals surface area contributed by atoms with Crippen LogP contribution in [0.25, 0.3) is 20.8 Å². The zero-order valence-electron chi connectivity index (χ0n) is 13.6. The number of halogens is 2. The van der Waals surface area contributed by atoms with Gasteiger partial charge in [0.2, 0.25) is 11.0 Å². The summed E-state index contributed by atoms with van der Waals surface area (Å²) in [5.74, 6) is -0.200. The van der Waals surface area contributed by atoms with E-state index >= 15 is 0 Å². The summed E-state index contributed by atoms with van der Waals surface area (Å²) >= 11 is 9.68. The van der Waals surface area contributed by atoms with E-state index in [1.165, 1.54) is 22.7 Å². The predicted octanol–water partition coefficient (Wildman–Crippen LogP) is 5.39. The van der Waals surface area contributed by atoms with Crippen molar-refractivity contribution in [3.05, 3.63) is 51.4 Å². The van der Waals surface area contributed by atoms with Gasteiger partial charge in [-0.05, 0) is 30.3 Å². The summed E-state index contributed by atoms with van der Waals surface area (Å²) in [4.78, 5) is 16.6. The van der Waals surface area contributed by atoms with Crippen LogP contribution in [0.15, 0.2) is 51.4 Å². The molecule has 0 aliphatic carbocycles. The number of aromatic nitrogens is 3. The molecule has 4 aromatic rings. The van der Waals surface area contributed by atoms with Crippen molar-refractivity contribution < 1.29 is 4.79 Å². The Morgan fingerprint density at radius 2 is 1.74 bits per heavy atom. The van der Waals surface area contributed by atoms with Crippen LogP contribution in [-0.2, 0) is 4.79 Å². The SMILES string of the molecule is O=C(CNc1nc2ccc(Br)cc2s1)Nc1nnc(-c2ccc(Br)cc2)s1. The Kier molecular flexibility index (Phi) is 5.48. The van der Waals surface area contributed by atoms with E-state index in [2.05, 4.69) is 57.7 Å². The maximum Gasteiger partial charge on any atom is 0.245 e. The van der Waals surface area contributed by atoms with E-state index in [1.807, 2.05) is 42.5 Å². The Morgan fingerprint density at radius 3 is 2.56 bits per heavy atom. The summed E-state index contributed by atoms with van der Waals surface area (Å²) < 4.78 is 3.05. The summed E-state index contributed by atoms with van der Waals surface area (Å²) in [6.07, 6.45) is 0. The summed E-state index contributed by atoms with van der Waals surface area (Å²) in [5, 5.41) is 15.9. The molecule has 10 heteroatoms. The van der Waals surface area contributed by atoms with Crippen LogP contribution < -0.4 is 10.6 Å². The van der Waals surface area contributed by atoms with Gasteiger partial charge in [0.25, 0.3) is 0 Å². The zero-order valence-corrected chi connectivity index (χ0v) is 18.4. The van der Waals surface area contributed by atoms with Crippen LogP contribution in [0, 0.1) is 0 Å². The predicted molar refractivity (Wildman–Crippen MR) is 117 cm³/mol. The second-order valence-corrected chi connectivity index (χ2v) is 9.29. The Labute approximate surface area is 179 Å². The van der Waals surface area contributed by atoms with Crippen molar-refractivity contribution in [1.29, 1.82) is 0 Å². The van der Waals surface area contributed by atoms with E-state index in [1.54, 1.807) is 0 Å². The van der Waals surface area contributed by atoms with Gasteiger partial charge in [0, 0.05) is 14.5 Å². The molecule has 0 fully saturated rings. The first kappa shape index (κ1) is 18.5. The molecular formula is C17H11Br2N5OS2. The molecule has 0 aliphatic rings. The monoisotopic (exact) mass is 523 g/mol. The third-order valence-electron chi connectivity index (χ3n) is 3.51. The molecule has 0 bridgehead atoms. The average Bonchev–Trinajstić information content (AvgIpc) is 3.27. The fraction of sp³-hybridized carbons (Fsp3) is 0.0588. The van der Waals surface area contributed by atoms with E-state index in [-0.39, 0.29) is 12.5 Å². The van der Waals surface area contributed by atoms with Crippen LogP contribution in [0.3, 0.4) is 0 Å². The minimum absolute atomic E-state index is 0.105. The Morgan fingerprint density at radius 1 is 0.963 bits per heavy atom. The topological polar surface area (TPSA) is 79.8 Å². The minimum Gasteiger partial charge on any atom is -0.352 e. The highest BCUT2D eigenvalue weighted by Crippen LogP contribution is 2.29. The fourth-order valence-electron chi connectivity index (χ4n) is 2.28. The third kappa shape index (κ3) is 4.52. The van der Waals surface area contributed by atoms with Crippen molar-refractivity contribution >= 4 is 80.9 Å². The molecule has 0 radical (unpaired) electrons. The van der Waals surface area contributed by atoms with E-state index in [0.717, 1.165) is 29.7 Å². The number of benzene rings is 2. The third-order valence-corrected chi connectivity index (χ3v) is 6.40. The molecule has 2 heterocycles. The van der Waals surface area contributed by atoms with Gasteiger partial charge in [-0.25, -0.2) is 4.98 Å². The second-order valence-electron chi connectivity index (χ2n) is 5.45. The van der Waals surface area contributed by atoms with Gasteiger partial charge in [0.15, 0.2) is 5.13 Å². The molecule has 2 N–H and O–H groups in total. The Balaban J connectivity index is 1.37. The molecule has 27 heavy (non-hydrogen) atoms. The van der Waals surface area contributed by atoms with Crippen molar-refractivity contribution in [3.63, 3.8) is 0 Å². The van der Waals surface area contributed by atoms with Gasteiger partial charge < -0.3 is 5.32 Å². The summed E-state index contributed by atoms with van der Waals surface area (Å²) in [6.45, 7) is 0.105. The van der Waals surface area contributed by atoms with Crippen LogP contribution >= 0.6 is 54.5 Å². The van der Waals surface area contributed by atoms with Crippen molar-refractivity contribution in [2.24, 2.45) is 0 Å². The lowest BCUT2D eigenvalue weighted by atomic mass is 10.2.